The monoisotopic (exact) mass is 350 g/mol. The third-order valence-electron chi connectivity index (χ3n) is 3.54. The number of rotatable bonds is 4. The van der Waals surface area contributed by atoms with Crippen LogP contribution in [0.25, 0.3) is 0 Å². The summed E-state index contributed by atoms with van der Waals surface area (Å²) in [4.78, 5) is 0. The lowest BCUT2D eigenvalue weighted by Crippen LogP contribution is -1.98. The smallest absolute Gasteiger partial charge is 0.130 e. The fraction of sp³-hybridized carbons (Fsp3) is 0.294. The lowest BCUT2D eigenvalue weighted by molar-refractivity contribution is 0.338. The summed E-state index contributed by atoms with van der Waals surface area (Å²) in [5, 5.41) is 0. The first-order valence-corrected chi connectivity index (χ1v) is 7.82. The van der Waals surface area contributed by atoms with E-state index in [2.05, 4.69) is 22.0 Å². The molecule has 4 heteroatoms. The second-order valence-electron chi connectivity index (χ2n) is 5.01. The first kappa shape index (κ1) is 14.4. The Morgan fingerprint density at radius 2 is 2.10 bits per heavy atom. The summed E-state index contributed by atoms with van der Waals surface area (Å²) in [7, 11) is 0. The van der Waals surface area contributed by atoms with Gasteiger partial charge in [-0.15, -0.1) is 0 Å². The van der Waals surface area contributed by atoms with Gasteiger partial charge in [0.25, 0.3) is 0 Å². The fourth-order valence-corrected chi connectivity index (χ4v) is 3.16. The first-order valence-electron chi connectivity index (χ1n) is 7.02. The molecule has 0 N–H and O–H groups in total. The molecule has 0 saturated heterocycles. The minimum Gasteiger partial charge on any atom is -0.494 e. The van der Waals surface area contributed by atoms with E-state index in [4.69, 9.17) is 9.47 Å². The van der Waals surface area contributed by atoms with Crippen molar-refractivity contribution in [1.82, 2.24) is 0 Å². The van der Waals surface area contributed by atoms with E-state index in [1.165, 1.54) is 11.6 Å². The molecule has 0 fully saturated rings. The third kappa shape index (κ3) is 3.05. The molecule has 0 aromatic heterocycles. The lowest BCUT2D eigenvalue weighted by atomic mass is 10.0. The number of fused-ring (bicyclic) bond motifs is 1. The van der Waals surface area contributed by atoms with Crippen molar-refractivity contribution in [3.8, 4) is 11.5 Å². The maximum absolute atomic E-state index is 14.2. The molecule has 0 unspecified atom stereocenters. The van der Waals surface area contributed by atoms with Gasteiger partial charge < -0.3 is 9.47 Å². The molecule has 21 heavy (non-hydrogen) atoms. The maximum atomic E-state index is 14.2. The van der Waals surface area contributed by atoms with Gasteiger partial charge in [0, 0.05) is 28.9 Å². The first-order chi connectivity index (χ1) is 10.2. The number of benzene rings is 2. The predicted molar refractivity (Wildman–Crippen MR) is 83.7 cm³/mol. The van der Waals surface area contributed by atoms with Crippen molar-refractivity contribution in [3.05, 3.63) is 57.3 Å². The van der Waals surface area contributed by atoms with Crippen LogP contribution in [0.5, 0.6) is 11.5 Å². The van der Waals surface area contributed by atoms with Crippen LogP contribution < -0.4 is 9.47 Å². The lowest BCUT2D eigenvalue weighted by Gasteiger charge is -2.11. The highest BCUT2D eigenvalue weighted by atomic mass is 79.9. The Bertz CT molecular complexity index is 670. The van der Waals surface area contributed by atoms with Crippen molar-refractivity contribution in [3.63, 3.8) is 0 Å². The van der Waals surface area contributed by atoms with Gasteiger partial charge in [0.1, 0.15) is 17.3 Å². The Hall–Kier alpha value is -1.55. The average Bonchev–Trinajstić information content (AvgIpc) is 2.90. The molecule has 3 rings (SSSR count). The van der Waals surface area contributed by atoms with Crippen molar-refractivity contribution in [2.24, 2.45) is 0 Å². The molecule has 0 radical (unpaired) electrons. The Morgan fingerprint density at radius 1 is 1.24 bits per heavy atom. The van der Waals surface area contributed by atoms with Gasteiger partial charge in [-0.1, -0.05) is 22.0 Å². The molecular weight excluding hydrogens is 335 g/mol. The van der Waals surface area contributed by atoms with Gasteiger partial charge in [-0.05, 0) is 36.2 Å². The van der Waals surface area contributed by atoms with Crippen molar-refractivity contribution in [1.29, 1.82) is 0 Å². The quantitative estimate of drug-likeness (QED) is 0.807. The van der Waals surface area contributed by atoms with Crippen LogP contribution in [-0.4, -0.2) is 13.2 Å². The van der Waals surface area contributed by atoms with E-state index in [1.54, 1.807) is 12.1 Å². The molecule has 110 valence electrons. The van der Waals surface area contributed by atoms with Crippen LogP contribution in [0.3, 0.4) is 0 Å². The molecule has 1 aliphatic heterocycles. The van der Waals surface area contributed by atoms with E-state index < -0.39 is 0 Å². The van der Waals surface area contributed by atoms with Gasteiger partial charge >= 0.3 is 0 Å². The zero-order chi connectivity index (χ0) is 14.8. The standard InChI is InChI=1S/C17H16BrFO2/c1-2-20-15-4-3-11(16(19)10-15)7-13-9-14(18)8-12-5-6-21-17(12)13/h3-4,8-10H,2,5-7H2,1H3. The molecule has 2 nitrogen and oxygen atoms in total. The van der Waals surface area contributed by atoms with Crippen molar-refractivity contribution in [2.45, 2.75) is 19.8 Å². The van der Waals surface area contributed by atoms with E-state index in [0.717, 1.165) is 22.2 Å². The highest BCUT2D eigenvalue weighted by molar-refractivity contribution is 9.10. The highest BCUT2D eigenvalue weighted by Crippen LogP contribution is 2.34. The van der Waals surface area contributed by atoms with E-state index in [-0.39, 0.29) is 5.82 Å². The summed E-state index contributed by atoms with van der Waals surface area (Å²) in [5.74, 6) is 1.23. The summed E-state index contributed by atoms with van der Waals surface area (Å²) >= 11 is 3.51. The Morgan fingerprint density at radius 3 is 2.86 bits per heavy atom. The van der Waals surface area contributed by atoms with Gasteiger partial charge in [-0.3, -0.25) is 0 Å². The minimum atomic E-state index is -0.243. The van der Waals surface area contributed by atoms with Crippen molar-refractivity contribution < 1.29 is 13.9 Å². The van der Waals surface area contributed by atoms with Crippen LogP contribution in [0.15, 0.2) is 34.8 Å². The van der Waals surface area contributed by atoms with E-state index in [0.29, 0.717) is 30.9 Å². The van der Waals surface area contributed by atoms with Crippen LogP contribution in [0.1, 0.15) is 23.6 Å². The maximum Gasteiger partial charge on any atom is 0.130 e. The molecule has 0 amide bonds. The zero-order valence-electron chi connectivity index (χ0n) is 11.8. The van der Waals surface area contributed by atoms with E-state index in [9.17, 15) is 4.39 Å². The van der Waals surface area contributed by atoms with Crippen LogP contribution in [0, 0.1) is 5.82 Å². The number of hydrogen-bond acceptors (Lipinski definition) is 2. The van der Waals surface area contributed by atoms with Crippen LogP contribution in [-0.2, 0) is 12.8 Å². The molecule has 0 aliphatic carbocycles. The fourth-order valence-electron chi connectivity index (χ4n) is 2.61. The van der Waals surface area contributed by atoms with E-state index in [1.807, 2.05) is 13.0 Å². The molecule has 0 saturated carbocycles. The summed E-state index contributed by atoms with van der Waals surface area (Å²) in [6, 6.07) is 9.10. The summed E-state index contributed by atoms with van der Waals surface area (Å²) in [5.41, 5.74) is 2.85. The van der Waals surface area contributed by atoms with Crippen molar-refractivity contribution >= 4 is 15.9 Å². The topological polar surface area (TPSA) is 18.5 Å². The molecule has 1 heterocycles. The SMILES string of the molecule is CCOc1ccc(Cc2cc(Br)cc3c2OCC3)c(F)c1. The Kier molecular flexibility index (Phi) is 4.15. The largest absolute Gasteiger partial charge is 0.494 e. The van der Waals surface area contributed by atoms with Gasteiger partial charge in [0.05, 0.1) is 13.2 Å². The predicted octanol–water partition coefficient (Wildman–Crippen LogP) is 4.51. The van der Waals surface area contributed by atoms with Crippen LogP contribution in [0.2, 0.25) is 0 Å². The van der Waals surface area contributed by atoms with Gasteiger partial charge in [0.2, 0.25) is 0 Å². The minimum absolute atomic E-state index is 0.243. The zero-order valence-corrected chi connectivity index (χ0v) is 13.4. The van der Waals surface area contributed by atoms with Crippen LogP contribution in [0.4, 0.5) is 4.39 Å². The molecule has 2 aromatic carbocycles. The molecule has 0 bridgehead atoms. The average molecular weight is 351 g/mol. The molecule has 2 aromatic rings. The van der Waals surface area contributed by atoms with Crippen molar-refractivity contribution in [2.75, 3.05) is 13.2 Å². The highest BCUT2D eigenvalue weighted by Gasteiger charge is 2.18. The third-order valence-corrected chi connectivity index (χ3v) is 4.00. The van der Waals surface area contributed by atoms with Gasteiger partial charge in [0.15, 0.2) is 0 Å². The van der Waals surface area contributed by atoms with Crippen LogP contribution >= 0.6 is 15.9 Å². The van der Waals surface area contributed by atoms with E-state index >= 15 is 0 Å². The number of ether oxygens (including phenoxy) is 2. The summed E-state index contributed by atoms with van der Waals surface area (Å²) in [6.45, 7) is 3.12. The number of hydrogen-bond donors (Lipinski definition) is 0. The summed E-state index contributed by atoms with van der Waals surface area (Å²) < 4.78 is 26.2. The number of halogens is 2. The molecule has 1 aliphatic rings. The molecular formula is C17H16BrFO2. The second-order valence-corrected chi connectivity index (χ2v) is 5.93. The Balaban J connectivity index is 1.91. The van der Waals surface area contributed by atoms with Gasteiger partial charge in [-0.25, -0.2) is 4.39 Å². The Labute approximate surface area is 132 Å². The normalized spacial score (nSPS) is 12.9. The van der Waals surface area contributed by atoms with Gasteiger partial charge in [-0.2, -0.15) is 0 Å². The molecule has 0 spiro atoms. The molecule has 0 atom stereocenters. The second kappa shape index (κ2) is 6.06. The summed E-state index contributed by atoms with van der Waals surface area (Å²) in [6.07, 6.45) is 1.42.